The molecular weight excluding hydrogens is 312 g/mol. The van der Waals surface area contributed by atoms with Crippen molar-refractivity contribution in [3.05, 3.63) is 47.5 Å². The van der Waals surface area contributed by atoms with E-state index in [0.29, 0.717) is 11.4 Å². The van der Waals surface area contributed by atoms with Crippen LogP contribution in [-0.4, -0.2) is 20.1 Å². The van der Waals surface area contributed by atoms with Gasteiger partial charge in [-0.2, -0.15) is 0 Å². The van der Waals surface area contributed by atoms with Crippen molar-refractivity contribution in [1.29, 1.82) is 0 Å². The zero-order valence-electron chi connectivity index (χ0n) is 11.3. The highest BCUT2D eigenvalue weighted by Gasteiger charge is 2.24. The highest BCUT2D eigenvalue weighted by Crippen LogP contribution is 2.29. The van der Waals surface area contributed by atoms with E-state index in [0.717, 1.165) is 0 Å². The van der Waals surface area contributed by atoms with Crippen LogP contribution in [0.15, 0.2) is 47.4 Å². The molecule has 2 rings (SSSR count). The minimum Gasteiger partial charge on any atom is -0.508 e. The standard InChI is InChI=1S/C14H15ClN2O3S/c1-2-17(10-4-3-5-11(18)8-10)21(19,20)12-6-7-14(16)13(15)9-12/h3-9,18H,2,16H2,1H3. The summed E-state index contributed by atoms with van der Waals surface area (Å²) in [5, 5.41) is 9.70. The molecule has 0 radical (unpaired) electrons. The second kappa shape index (κ2) is 5.83. The highest BCUT2D eigenvalue weighted by atomic mass is 35.5. The third kappa shape index (κ3) is 3.06. The number of hydrogen-bond acceptors (Lipinski definition) is 4. The summed E-state index contributed by atoms with van der Waals surface area (Å²) in [6, 6.07) is 10.2. The van der Waals surface area contributed by atoms with Gasteiger partial charge in [-0.1, -0.05) is 17.7 Å². The quantitative estimate of drug-likeness (QED) is 0.846. The number of phenolic OH excluding ortho intramolecular Hbond substituents is 1. The molecule has 3 N–H and O–H groups in total. The molecule has 21 heavy (non-hydrogen) atoms. The Bertz CT molecular complexity index is 763. The van der Waals surface area contributed by atoms with Gasteiger partial charge in [0.15, 0.2) is 0 Å². The van der Waals surface area contributed by atoms with Crippen LogP contribution in [0.3, 0.4) is 0 Å². The fourth-order valence-electron chi connectivity index (χ4n) is 1.94. The van der Waals surface area contributed by atoms with Gasteiger partial charge in [0.25, 0.3) is 10.0 Å². The molecule has 112 valence electrons. The Kier molecular flexibility index (Phi) is 4.29. The number of nitrogens with two attached hydrogens (primary N) is 1. The van der Waals surface area contributed by atoms with Gasteiger partial charge in [0.2, 0.25) is 0 Å². The van der Waals surface area contributed by atoms with Gasteiger partial charge >= 0.3 is 0 Å². The molecule has 0 aromatic heterocycles. The monoisotopic (exact) mass is 326 g/mol. The van der Waals surface area contributed by atoms with Crippen LogP contribution >= 0.6 is 11.6 Å². The molecule has 0 saturated carbocycles. The summed E-state index contributed by atoms with van der Waals surface area (Å²) in [5.74, 6) is -0.00325. The lowest BCUT2D eigenvalue weighted by Gasteiger charge is -2.23. The minimum absolute atomic E-state index is 0.00325. The van der Waals surface area contributed by atoms with Gasteiger partial charge in [0.05, 0.1) is 21.3 Å². The smallest absolute Gasteiger partial charge is 0.264 e. The summed E-state index contributed by atoms with van der Waals surface area (Å²) in [6.07, 6.45) is 0. The minimum atomic E-state index is -3.78. The van der Waals surface area contributed by atoms with E-state index in [4.69, 9.17) is 17.3 Å². The van der Waals surface area contributed by atoms with Crippen LogP contribution < -0.4 is 10.0 Å². The van der Waals surface area contributed by atoms with Crippen molar-refractivity contribution in [2.45, 2.75) is 11.8 Å². The van der Waals surface area contributed by atoms with Crippen LogP contribution in [0.5, 0.6) is 5.75 Å². The van der Waals surface area contributed by atoms with Crippen molar-refractivity contribution in [2.75, 3.05) is 16.6 Å². The lowest BCUT2D eigenvalue weighted by molar-refractivity contribution is 0.475. The van der Waals surface area contributed by atoms with Crippen molar-refractivity contribution in [3.63, 3.8) is 0 Å². The lowest BCUT2D eigenvalue weighted by atomic mass is 10.3. The number of aromatic hydroxyl groups is 1. The Morgan fingerprint density at radius 3 is 2.52 bits per heavy atom. The molecule has 0 fully saturated rings. The third-order valence-electron chi connectivity index (χ3n) is 2.96. The molecule has 0 saturated heterocycles. The van der Waals surface area contributed by atoms with Crippen molar-refractivity contribution in [2.24, 2.45) is 0 Å². The van der Waals surface area contributed by atoms with E-state index < -0.39 is 10.0 Å². The number of nitrogen functional groups attached to an aromatic ring is 1. The van der Waals surface area contributed by atoms with Crippen molar-refractivity contribution >= 4 is 33.0 Å². The van der Waals surface area contributed by atoms with Gasteiger partial charge in [0.1, 0.15) is 5.75 Å². The van der Waals surface area contributed by atoms with Crippen LogP contribution in [0.25, 0.3) is 0 Å². The fourth-order valence-corrected chi connectivity index (χ4v) is 3.67. The third-order valence-corrected chi connectivity index (χ3v) is 5.19. The molecule has 0 unspecified atom stereocenters. The zero-order chi connectivity index (χ0) is 15.6. The Hall–Kier alpha value is -1.92. The number of nitrogens with zero attached hydrogens (tertiary/aromatic N) is 1. The predicted octanol–water partition coefficient (Wildman–Crippen LogP) is 2.84. The first-order valence-corrected chi connectivity index (χ1v) is 8.05. The van der Waals surface area contributed by atoms with Gasteiger partial charge in [-0.25, -0.2) is 8.42 Å². The highest BCUT2D eigenvalue weighted by molar-refractivity contribution is 7.92. The first-order valence-electron chi connectivity index (χ1n) is 6.23. The number of sulfonamides is 1. The normalized spacial score (nSPS) is 11.3. The number of benzene rings is 2. The van der Waals surface area contributed by atoms with Crippen molar-refractivity contribution in [1.82, 2.24) is 0 Å². The Morgan fingerprint density at radius 2 is 1.95 bits per heavy atom. The molecule has 0 aliphatic heterocycles. The molecule has 0 heterocycles. The summed E-state index contributed by atoms with van der Waals surface area (Å²) < 4.78 is 26.6. The molecule has 0 atom stereocenters. The predicted molar refractivity (Wildman–Crippen MR) is 84.2 cm³/mol. The first kappa shape index (κ1) is 15.5. The maximum atomic E-state index is 12.7. The van der Waals surface area contributed by atoms with Crippen molar-refractivity contribution < 1.29 is 13.5 Å². The molecule has 0 spiro atoms. The summed E-state index contributed by atoms with van der Waals surface area (Å²) >= 11 is 5.89. The van der Waals surface area contributed by atoms with Gasteiger partial charge in [-0.05, 0) is 37.3 Å². The molecule has 0 aliphatic carbocycles. The summed E-state index contributed by atoms with van der Waals surface area (Å²) in [4.78, 5) is 0.0480. The van der Waals surface area contributed by atoms with Crippen LogP contribution in [-0.2, 0) is 10.0 Å². The van der Waals surface area contributed by atoms with E-state index in [9.17, 15) is 13.5 Å². The average Bonchev–Trinajstić information content (AvgIpc) is 2.42. The van der Waals surface area contributed by atoms with Crippen LogP contribution in [0.2, 0.25) is 5.02 Å². The summed E-state index contributed by atoms with van der Waals surface area (Å²) in [6.45, 7) is 1.92. The zero-order valence-corrected chi connectivity index (χ0v) is 12.9. The fraction of sp³-hybridized carbons (Fsp3) is 0.143. The number of anilines is 2. The molecular formula is C14H15ClN2O3S. The van der Waals surface area contributed by atoms with E-state index in [1.54, 1.807) is 19.1 Å². The molecule has 2 aromatic rings. The number of halogens is 1. The lowest BCUT2D eigenvalue weighted by Crippen LogP contribution is -2.30. The van der Waals surface area contributed by atoms with E-state index in [1.165, 1.54) is 34.6 Å². The van der Waals surface area contributed by atoms with Gasteiger partial charge in [-0.15, -0.1) is 0 Å². The van der Waals surface area contributed by atoms with E-state index >= 15 is 0 Å². The van der Waals surface area contributed by atoms with Crippen LogP contribution in [0, 0.1) is 0 Å². The van der Waals surface area contributed by atoms with Gasteiger partial charge in [-0.3, -0.25) is 4.31 Å². The molecule has 0 amide bonds. The maximum absolute atomic E-state index is 12.7. The molecule has 0 aliphatic rings. The Balaban J connectivity index is 2.51. The second-order valence-electron chi connectivity index (χ2n) is 4.37. The van der Waals surface area contributed by atoms with Crippen LogP contribution in [0.1, 0.15) is 6.92 Å². The Labute approximate surface area is 128 Å². The number of hydrogen-bond donors (Lipinski definition) is 2. The van der Waals surface area contributed by atoms with Gasteiger partial charge in [0, 0.05) is 12.6 Å². The number of phenols is 1. The summed E-state index contributed by atoms with van der Waals surface area (Å²) in [7, 11) is -3.78. The van der Waals surface area contributed by atoms with E-state index in [2.05, 4.69) is 0 Å². The van der Waals surface area contributed by atoms with Crippen LogP contribution in [0.4, 0.5) is 11.4 Å². The van der Waals surface area contributed by atoms with E-state index in [-0.39, 0.29) is 22.2 Å². The Morgan fingerprint density at radius 1 is 1.24 bits per heavy atom. The topological polar surface area (TPSA) is 83.6 Å². The molecule has 7 heteroatoms. The number of rotatable bonds is 4. The summed E-state index contributed by atoms with van der Waals surface area (Å²) in [5.41, 5.74) is 6.29. The average molecular weight is 327 g/mol. The molecule has 2 aromatic carbocycles. The molecule has 0 bridgehead atoms. The first-order chi connectivity index (χ1) is 9.86. The second-order valence-corrected chi connectivity index (χ2v) is 6.64. The molecule has 5 nitrogen and oxygen atoms in total. The largest absolute Gasteiger partial charge is 0.508 e. The SMILES string of the molecule is CCN(c1cccc(O)c1)S(=O)(=O)c1ccc(N)c(Cl)c1. The van der Waals surface area contributed by atoms with Gasteiger partial charge < -0.3 is 10.8 Å². The van der Waals surface area contributed by atoms with E-state index in [1.807, 2.05) is 0 Å². The maximum Gasteiger partial charge on any atom is 0.264 e. The van der Waals surface area contributed by atoms with Crippen molar-refractivity contribution in [3.8, 4) is 5.75 Å².